The number of carboxylic acids is 1. The fourth-order valence-electron chi connectivity index (χ4n) is 5.08. The Morgan fingerprint density at radius 3 is 2.61 bits per heavy atom. The van der Waals surface area contributed by atoms with Gasteiger partial charge in [0.05, 0.1) is 11.4 Å². The second kappa shape index (κ2) is 11.0. The Morgan fingerprint density at radius 1 is 0.976 bits per heavy atom. The quantitative estimate of drug-likeness (QED) is 0.197. The maximum atomic E-state index is 13.0. The normalized spacial score (nSPS) is 12.2. The number of carbonyl (C=O) groups excluding carboxylic acids is 1. The number of aryl methyl sites for hydroxylation is 1. The number of rotatable bonds is 8. The van der Waals surface area contributed by atoms with Crippen LogP contribution in [0.5, 0.6) is 0 Å². The molecule has 0 aliphatic carbocycles. The van der Waals surface area contributed by atoms with Crippen molar-refractivity contribution in [1.82, 2.24) is 20.1 Å². The third-order valence-corrected chi connectivity index (χ3v) is 7.16. The fourth-order valence-corrected chi connectivity index (χ4v) is 5.08. The number of aliphatic carboxylic acids is 1. The molecule has 6 rings (SSSR count). The van der Waals surface area contributed by atoms with Gasteiger partial charge in [-0.1, -0.05) is 66.7 Å². The van der Waals surface area contributed by atoms with Crippen LogP contribution in [-0.4, -0.2) is 37.8 Å². The molecule has 1 atom stereocenters. The molecule has 3 N–H and O–H groups in total. The summed E-state index contributed by atoms with van der Waals surface area (Å²) in [6, 6.07) is 28.9. The summed E-state index contributed by atoms with van der Waals surface area (Å²) in [7, 11) is 0. The third kappa shape index (κ3) is 5.51. The van der Waals surface area contributed by atoms with Gasteiger partial charge in [0.15, 0.2) is 0 Å². The third-order valence-electron chi connectivity index (χ3n) is 7.16. The monoisotopic (exact) mass is 540 g/mol. The van der Waals surface area contributed by atoms with Gasteiger partial charge in [0.2, 0.25) is 5.91 Å². The molecule has 0 saturated heterocycles. The lowest BCUT2D eigenvalue weighted by Crippen LogP contribution is -2.41. The van der Waals surface area contributed by atoms with Crippen molar-refractivity contribution in [2.45, 2.75) is 19.4 Å². The second-order valence-electron chi connectivity index (χ2n) is 10.1. The fraction of sp³-hybridized carbons (Fsp3) is 0.0882. The Hall–Kier alpha value is -5.43. The minimum absolute atomic E-state index is 0.159. The summed E-state index contributed by atoms with van der Waals surface area (Å²) in [5, 5.41) is 20.5. The second-order valence-corrected chi connectivity index (χ2v) is 10.1. The van der Waals surface area contributed by atoms with E-state index in [0.29, 0.717) is 0 Å². The number of benzene rings is 4. The zero-order valence-corrected chi connectivity index (χ0v) is 22.4. The highest BCUT2D eigenvalue weighted by Gasteiger charge is 2.21. The topological polar surface area (TPSA) is 100 Å². The highest BCUT2D eigenvalue weighted by Crippen LogP contribution is 2.28. The van der Waals surface area contributed by atoms with E-state index in [9.17, 15) is 14.7 Å². The van der Waals surface area contributed by atoms with Gasteiger partial charge in [-0.25, -0.2) is 9.48 Å². The van der Waals surface area contributed by atoms with Crippen LogP contribution in [0, 0.1) is 6.92 Å². The van der Waals surface area contributed by atoms with Crippen molar-refractivity contribution in [3.8, 4) is 16.9 Å². The molecular formula is C34H28N4O3. The van der Waals surface area contributed by atoms with Crippen LogP contribution in [0.4, 0.5) is 0 Å². The number of carbonyl (C=O) groups is 2. The molecule has 0 spiro atoms. The van der Waals surface area contributed by atoms with Crippen molar-refractivity contribution in [3.63, 3.8) is 0 Å². The van der Waals surface area contributed by atoms with E-state index in [1.165, 1.54) is 6.08 Å². The molecule has 202 valence electrons. The van der Waals surface area contributed by atoms with Gasteiger partial charge in [0, 0.05) is 46.9 Å². The Morgan fingerprint density at radius 2 is 1.78 bits per heavy atom. The zero-order valence-electron chi connectivity index (χ0n) is 22.4. The van der Waals surface area contributed by atoms with Gasteiger partial charge in [-0.15, -0.1) is 0 Å². The molecule has 7 heteroatoms. The summed E-state index contributed by atoms with van der Waals surface area (Å²) < 4.78 is 1.80. The number of nitrogens with zero attached hydrogens (tertiary/aromatic N) is 2. The number of amides is 1. The Balaban J connectivity index is 1.29. The summed E-state index contributed by atoms with van der Waals surface area (Å²) >= 11 is 0. The molecule has 0 radical (unpaired) electrons. The van der Waals surface area contributed by atoms with Crippen molar-refractivity contribution in [2.75, 3.05) is 0 Å². The minimum Gasteiger partial charge on any atom is -0.480 e. The van der Waals surface area contributed by atoms with Crippen LogP contribution in [0.2, 0.25) is 0 Å². The SMILES string of the molecule is Cc1cccc(-n2cc(/C=C/C(=O)NC(Cc3c[nH]c4ccccc34)C(=O)O)c(-c3ccc4ccccc4c3)n2)c1. The first kappa shape index (κ1) is 25.8. The van der Waals surface area contributed by atoms with Crippen molar-refractivity contribution >= 4 is 39.6 Å². The number of nitrogens with one attached hydrogen (secondary N) is 2. The standard InChI is InChI=1S/C34H28N4O3/c1-22-7-6-10-28(17-22)38-21-26(33(37-38)25-14-13-23-8-2-3-9-24(23)18-25)15-16-32(39)36-31(34(40)41)19-27-20-35-30-12-5-4-11-29(27)30/h2-18,20-21,31,35H,19H2,1H3,(H,36,39)(H,40,41)/b16-15+. The van der Waals surface area contributed by atoms with Gasteiger partial charge in [0.1, 0.15) is 6.04 Å². The summed E-state index contributed by atoms with van der Waals surface area (Å²) in [5.74, 6) is -1.59. The van der Waals surface area contributed by atoms with E-state index in [-0.39, 0.29) is 6.42 Å². The number of aromatic nitrogens is 3. The highest BCUT2D eigenvalue weighted by molar-refractivity contribution is 5.96. The van der Waals surface area contributed by atoms with Crippen molar-refractivity contribution in [3.05, 3.63) is 126 Å². The van der Waals surface area contributed by atoms with E-state index in [2.05, 4.69) is 34.6 Å². The Bertz CT molecular complexity index is 1930. The van der Waals surface area contributed by atoms with Gasteiger partial charge in [-0.2, -0.15) is 5.10 Å². The molecule has 0 saturated carbocycles. The van der Waals surface area contributed by atoms with Crippen molar-refractivity contribution < 1.29 is 14.7 Å². The average molecular weight is 541 g/mol. The number of aromatic amines is 1. The van der Waals surface area contributed by atoms with E-state index < -0.39 is 17.9 Å². The van der Waals surface area contributed by atoms with Gasteiger partial charge in [0.25, 0.3) is 0 Å². The summed E-state index contributed by atoms with van der Waals surface area (Å²) in [6.45, 7) is 2.03. The van der Waals surface area contributed by atoms with Crippen LogP contribution in [-0.2, 0) is 16.0 Å². The molecular weight excluding hydrogens is 512 g/mol. The lowest BCUT2D eigenvalue weighted by Gasteiger charge is -2.12. The molecule has 7 nitrogen and oxygen atoms in total. The molecule has 0 fully saturated rings. The van der Waals surface area contributed by atoms with Crippen LogP contribution in [0.25, 0.3) is 44.7 Å². The number of carboxylic acid groups (broad SMARTS) is 1. The average Bonchev–Trinajstić information content (AvgIpc) is 3.60. The van der Waals surface area contributed by atoms with Gasteiger partial charge >= 0.3 is 5.97 Å². The summed E-state index contributed by atoms with van der Waals surface area (Å²) in [4.78, 5) is 28.2. The van der Waals surface area contributed by atoms with Crippen LogP contribution < -0.4 is 5.32 Å². The molecule has 0 aliphatic heterocycles. The van der Waals surface area contributed by atoms with Gasteiger partial charge < -0.3 is 15.4 Å². The summed E-state index contributed by atoms with van der Waals surface area (Å²) in [5.41, 5.74) is 6.13. The number of hydrogen-bond donors (Lipinski definition) is 3. The number of para-hydroxylation sites is 1. The summed E-state index contributed by atoms with van der Waals surface area (Å²) in [6.07, 6.45) is 6.88. The molecule has 6 aromatic rings. The van der Waals surface area contributed by atoms with E-state index in [1.54, 1.807) is 17.0 Å². The number of H-pyrrole nitrogens is 1. The highest BCUT2D eigenvalue weighted by atomic mass is 16.4. The molecule has 41 heavy (non-hydrogen) atoms. The van der Waals surface area contributed by atoms with Crippen LogP contribution >= 0.6 is 0 Å². The first-order chi connectivity index (χ1) is 19.9. The van der Waals surface area contributed by atoms with E-state index >= 15 is 0 Å². The zero-order chi connectivity index (χ0) is 28.3. The Labute approximate surface area is 236 Å². The predicted molar refractivity (Wildman–Crippen MR) is 162 cm³/mol. The maximum absolute atomic E-state index is 13.0. The molecule has 2 heterocycles. The van der Waals surface area contributed by atoms with Gasteiger partial charge in [-0.05, 0) is 59.2 Å². The smallest absolute Gasteiger partial charge is 0.326 e. The van der Waals surface area contributed by atoms with Gasteiger partial charge in [-0.3, -0.25) is 4.79 Å². The van der Waals surface area contributed by atoms with E-state index in [4.69, 9.17) is 5.10 Å². The first-order valence-corrected chi connectivity index (χ1v) is 13.4. The molecule has 0 aliphatic rings. The first-order valence-electron chi connectivity index (χ1n) is 13.4. The molecule has 2 aromatic heterocycles. The molecule has 4 aromatic carbocycles. The van der Waals surface area contributed by atoms with Crippen molar-refractivity contribution in [1.29, 1.82) is 0 Å². The van der Waals surface area contributed by atoms with Crippen LogP contribution in [0.3, 0.4) is 0 Å². The lowest BCUT2D eigenvalue weighted by molar-refractivity contribution is -0.141. The van der Waals surface area contributed by atoms with E-state index in [0.717, 1.165) is 55.3 Å². The molecule has 1 unspecified atom stereocenters. The molecule has 1 amide bonds. The minimum atomic E-state index is -1.10. The largest absolute Gasteiger partial charge is 0.480 e. The lowest BCUT2D eigenvalue weighted by atomic mass is 10.0. The van der Waals surface area contributed by atoms with Crippen LogP contribution in [0.15, 0.2) is 109 Å². The van der Waals surface area contributed by atoms with Crippen LogP contribution in [0.1, 0.15) is 16.7 Å². The number of hydrogen-bond acceptors (Lipinski definition) is 3. The maximum Gasteiger partial charge on any atom is 0.326 e. The van der Waals surface area contributed by atoms with E-state index in [1.807, 2.05) is 79.9 Å². The predicted octanol–water partition coefficient (Wildman–Crippen LogP) is 6.31. The molecule has 0 bridgehead atoms. The number of fused-ring (bicyclic) bond motifs is 2. The van der Waals surface area contributed by atoms with Crippen molar-refractivity contribution in [2.24, 2.45) is 0 Å². The Kier molecular flexibility index (Phi) is 6.92.